The fourth-order valence-corrected chi connectivity index (χ4v) is 3.97. The fourth-order valence-electron chi connectivity index (χ4n) is 3.97. The van der Waals surface area contributed by atoms with Crippen molar-refractivity contribution < 1.29 is 18.7 Å². The first-order valence-electron chi connectivity index (χ1n) is 9.84. The molecule has 2 aromatic rings. The van der Waals surface area contributed by atoms with Crippen LogP contribution >= 0.6 is 0 Å². The maximum absolute atomic E-state index is 13.3. The number of benzene rings is 2. The lowest BCUT2D eigenvalue weighted by atomic mass is 9.98. The van der Waals surface area contributed by atoms with Gasteiger partial charge in [0.1, 0.15) is 11.6 Å². The minimum absolute atomic E-state index is 0.274. The lowest BCUT2D eigenvalue weighted by Gasteiger charge is -2.43. The number of carbonyl (C=O) groups excluding carboxylic acids is 2. The number of amides is 2. The molecule has 1 atom stereocenters. The van der Waals surface area contributed by atoms with Crippen LogP contribution in [0.1, 0.15) is 13.8 Å². The molecule has 4 rings (SSSR count). The number of hydrogen-bond donors (Lipinski definition) is 0. The van der Waals surface area contributed by atoms with Crippen LogP contribution in [0.2, 0.25) is 0 Å². The molecule has 0 saturated carbocycles. The molecule has 2 aliphatic rings. The lowest BCUT2D eigenvalue weighted by Crippen LogP contribution is -2.64. The highest BCUT2D eigenvalue weighted by atomic mass is 19.1. The first kappa shape index (κ1) is 19.2. The summed E-state index contributed by atoms with van der Waals surface area (Å²) in [4.78, 5) is 31.9. The molecule has 0 aromatic heterocycles. The van der Waals surface area contributed by atoms with Crippen molar-refractivity contribution in [1.29, 1.82) is 0 Å². The summed E-state index contributed by atoms with van der Waals surface area (Å²) in [5.74, 6) is -0.405. The van der Waals surface area contributed by atoms with Crippen molar-refractivity contribution >= 4 is 23.2 Å². The average molecular weight is 397 g/mol. The standard InChI is InChI=1S/C22H24FN3O3/c1-3-26-18-6-4-5-7-19(18)29-22(2,21(26)28)20(27)25-14-12-24(13-15-25)17-10-8-16(23)9-11-17/h4-11H,3,12-15H2,1-2H3. The number of fused-ring (bicyclic) bond motifs is 1. The van der Waals surface area contributed by atoms with E-state index in [1.807, 2.05) is 25.1 Å². The van der Waals surface area contributed by atoms with Crippen LogP contribution in [-0.2, 0) is 9.59 Å². The smallest absolute Gasteiger partial charge is 0.280 e. The first-order chi connectivity index (χ1) is 13.9. The number of hydrogen-bond acceptors (Lipinski definition) is 4. The molecule has 0 aliphatic carbocycles. The van der Waals surface area contributed by atoms with E-state index in [0.717, 1.165) is 5.69 Å². The Balaban J connectivity index is 1.51. The molecule has 2 aliphatic heterocycles. The summed E-state index contributed by atoms with van der Waals surface area (Å²) < 4.78 is 19.1. The molecular formula is C22H24FN3O3. The Morgan fingerprint density at radius 1 is 1.07 bits per heavy atom. The predicted molar refractivity (Wildman–Crippen MR) is 109 cm³/mol. The number of nitrogens with zero attached hydrogens (tertiary/aromatic N) is 3. The van der Waals surface area contributed by atoms with Gasteiger partial charge < -0.3 is 19.4 Å². The van der Waals surface area contributed by atoms with Gasteiger partial charge in [-0.05, 0) is 50.2 Å². The molecule has 6 nitrogen and oxygen atoms in total. The average Bonchev–Trinajstić information content (AvgIpc) is 2.75. The molecular weight excluding hydrogens is 373 g/mol. The Hall–Kier alpha value is -3.09. The molecule has 0 spiro atoms. The van der Waals surface area contributed by atoms with Crippen molar-refractivity contribution in [2.75, 3.05) is 42.5 Å². The Kier molecular flexibility index (Phi) is 4.90. The SMILES string of the molecule is CCN1C(=O)C(C)(C(=O)N2CCN(c3ccc(F)cc3)CC2)Oc2ccccc21. The zero-order chi connectivity index (χ0) is 20.6. The molecule has 2 aromatic carbocycles. The van der Waals surface area contributed by atoms with Crippen LogP contribution in [-0.4, -0.2) is 55.0 Å². The van der Waals surface area contributed by atoms with E-state index in [4.69, 9.17) is 4.74 Å². The van der Waals surface area contributed by atoms with Crippen molar-refractivity contribution in [2.45, 2.75) is 19.4 Å². The van der Waals surface area contributed by atoms with Crippen LogP contribution in [0, 0.1) is 5.82 Å². The van der Waals surface area contributed by atoms with Crippen LogP contribution < -0.4 is 14.5 Å². The molecule has 2 amide bonds. The second-order valence-electron chi connectivity index (χ2n) is 7.41. The van der Waals surface area contributed by atoms with Crippen LogP contribution in [0.5, 0.6) is 5.75 Å². The number of para-hydroxylation sites is 2. The minimum atomic E-state index is -1.58. The van der Waals surface area contributed by atoms with Gasteiger partial charge in [0.2, 0.25) is 0 Å². The van der Waals surface area contributed by atoms with E-state index in [1.165, 1.54) is 12.1 Å². The summed E-state index contributed by atoms with van der Waals surface area (Å²) in [7, 11) is 0. The van der Waals surface area contributed by atoms with Gasteiger partial charge in [0, 0.05) is 38.4 Å². The summed E-state index contributed by atoms with van der Waals surface area (Å²) in [6, 6.07) is 13.6. The van der Waals surface area contributed by atoms with Crippen LogP contribution in [0.4, 0.5) is 15.8 Å². The topological polar surface area (TPSA) is 53.1 Å². The summed E-state index contributed by atoms with van der Waals surface area (Å²) in [6.45, 7) is 6.05. The van der Waals surface area contributed by atoms with Gasteiger partial charge in [0.05, 0.1) is 5.69 Å². The highest BCUT2D eigenvalue weighted by Gasteiger charge is 2.52. The van der Waals surface area contributed by atoms with E-state index in [0.29, 0.717) is 44.2 Å². The van der Waals surface area contributed by atoms with Crippen molar-refractivity contribution in [1.82, 2.24) is 4.90 Å². The molecule has 7 heteroatoms. The zero-order valence-electron chi connectivity index (χ0n) is 16.6. The van der Waals surface area contributed by atoms with Gasteiger partial charge >= 0.3 is 0 Å². The van der Waals surface area contributed by atoms with E-state index in [1.54, 1.807) is 34.9 Å². The number of ether oxygens (including phenoxy) is 1. The van der Waals surface area contributed by atoms with Gasteiger partial charge in [0.15, 0.2) is 0 Å². The highest BCUT2D eigenvalue weighted by molar-refractivity contribution is 6.16. The molecule has 152 valence electrons. The second-order valence-corrected chi connectivity index (χ2v) is 7.41. The van der Waals surface area contributed by atoms with E-state index >= 15 is 0 Å². The Bertz CT molecular complexity index is 925. The minimum Gasteiger partial charge on any atom is -0.465 e. The lowest BCUT2D eigenvalue weighted by molar-refractivity contribution is -0.156. The van der Waals surface area contributed by atoms with Crippen molar-refractivity contribution in [3.63, 3.8) is 0 Å². The number of rotatable bonds is 3. The number of carbonyl (C=O) groups is 2. The third-order valence-corrected chi connectivity index (χ3v) is 5.61. The van der Waals surface area contributed by atoms with Gasteiger partial charge in [-0.15, -0.1) is 0 Å². The Morgan fingerprint density at radius 3 is 2.38 bits per heavy atom. The van der Waals surface area contributed by atoms with Crippen LogP contribution in [0.15, 0.2) is 48.5 Å². The van der Waals surface area contributed by atoms with E-state index in [2.05, 4.69) is 4.90 Å². The van der Waals surface area contributed by atoms with Gasteiger partial charge in [-0.1, -0.05) is 12.1 Å². The monoisotopic (exact) mass is 397 g/mol. The number of anilines is 2. The third-order valence-electron chi connectivity index (χ3n) is 5.61. The Morgan fingerprint density at radius 2 is 1.72 bits per heavy atom. The first-order valence-corrected chi connectivity index (χ1v) is 9.84. The molecule has 0 N–H and O–H groups in total. The number of piperazine rings is 1. The van der Waals surface area contributed by atoms with Crippen LogP contribution in [0.25, 0.3) is 0 Å². The van der Waals surface area contributed by atoms with Crippen molar-refractivity contribution in [2.24, 2.45) is 0 Å². The molecule has 1 fully saturated rings. The summed E-state index contributed by atoms with van der Waals surface area (Å²) in [6.07, 6.45) is 0. The van der Waals surface area contributed by atoms with Crippen molar-refractivity contribution in [3.8, 4) is 5.75 Å². The molecule has 0 radical (unpaired) electrons. The maximum atomic E-state index is 13.3. The summed E-state index contributed by atoms with van der Waals surface area (Å²) in [5.41, 5.74) is 0.0229. The number of likely N-dealkylation sites (N-methyl/N-ethyl adjacent to an activating group) is 1. The quantitative estimate of drug-likeness (QED) is 0.748. The van der Waals surface area contributed by atoms with Gasteiger partial charge in [0.25, 0.3) is 17.4 Å². The largest absolute Gasteiger partial charge is 0.465 e. The fraction of sp³-hybridized carbons (Fsp3) is 0.364. The zero-order valence-corrected chi connectivity index (χ0v) is 16.6. The van der Waals surface area contributed by atoms with Gasteiger partial charge in [-0.2, -0.15) is 0 Å². The predicted octanol–water partition coefficient (Wildman–Crippen LogP) is 2.68. The van der Waals surface area contributed by atoms with E-state index in [9.17, 15) is 14.0 Å². The molecule has 1 unspecified atom stereocenters. The second kappa shape index (κ2) is 7.39. The number of halogens is 1. The molecule has 2 heterocycles. The van der Waals surface area contributed by atoms with E-state index in [-0.39, 0.29) is 17.6 Å². The molecule has 1 saturated heterocycles. The molecule has 0 bridgehead atoms. The van der Waals surface area contributed by atoms with E-state index < -0.39 is 5.60 Å². The summed E-state index contributed by atoms with van der Waals surface area (Å²) in [5, 5.41) is 0. The van der Waals surface area contributed by atoms with Gasteiger partial charge in [-0.25, -0.2) is 4.39 Å². The van der Waals surface area contributed by atoms with Crippen LogP contribution in [0.3, 0.4) is 0 Å². The molecule has 29 heavy (non-hydrogen) atoms. The Labute approximate surface area is 169 Å². The third kappa shape index (κ3) is 3.30. The summed E-state index contributed by atoms with van der Waals surface area (Å²) >= 11 is 0. The van der Waals surface area contributed by atoms with Crippen molar-refractivity contribution in [3.05, 3.63) is 54.3 Å². The normalized spacial score (nSPS) is 21.6. The highest BCUT2D eigenvalue weighted by Crippen LogP contribution is 2.38. The van der Waals surface area contributed by atoms with Gasteiger partial charge in [-0.3, -0.25) is 9.59 Å². The maximum Gasteiger partial charge on any atom is 0.280 e.